The number of fused-ring (bicyclic) bond motifs is 2. The molecule has 2 aliphatic heterocycles. The van der Waals surface area contributed by atoms with Crippen molar-refractivity contribution in [1.29, 1.82) is 0 Å². The van der Waals surface area contributed by atoms with Crippen molar-refractivity contribution in [2.75, 3.05) is 45.9 Å². The number of aromatic nitrogens is 4. The van der Waals surface area contributed by atoms with E-state index in [9.17, 15) is 14.4 Å². The predicted molar refractivity (Wildman–Crippen MR) is 194 cm³/mol. The number of ketones is 1. The first-order valence-corrected chi connectivity index (χ1v) is 17.6. The minimum absolute atomic E-state index is 0.0588. The van der Waals surface area contributed by atoms with Crippen LogP contribution in [0.25, 0.3) is 16.6 Å². The normalized spacial score (nSPS) is 15.3. The third-order valence-corrected chi connectivity index (χ3v) is 9.44. The number of carbonyl (C=O) groups is 2. The van der Waals surface area contributed by atoms with Crippen molar-refractivity contribution in [3.8, 4) is 17.2 Å². The van der Waals surface area contributed by atoms with Crippen LogP contribution in [0.2, 0.25) is 5.02 Å². The van der Waals surface area contributed by atoms with Gasteiger partial charge in [0, 0.05) is 62.2 Å². The zero-order valence-electron chi connectivity index (χ0n) is 28.7. The van der Waals surface area contributed by atoms with Gasteiger partial charge in [-0.05, 0) is 68.4 Å². The summed E-state index contributed by atoms with van der Waals surface area (Å²) in [6.07, 6.45) is 3.57. The molecule has 264 valence electrons. The predicted octanol–water partition coefficient (Wildman–Crippen LogP) is 4.44. The highest BCUT2D eigenvalue weighted by Gasteiger charge is 2.26. The van der Waals surface area contributed by atoms with Crippen molar-refractivity contribution in [1.82, 2.24) is 33.8 Å². The van der Waals surface area contributed by atoms with Gasteiger partial charge >= 0.3 is 0 Å². The molecular weight excluding hydrogens is 670 g/mol. The van der Waals surface area contributed by atoms with Crippen molar-refractivity contribution in [3.63, 3.8) is 0 Å². The second-order valence-corrected chi connectivity index (χ2v) is 13.5. The lowest BCUT2D eigenvalue weighted by Crippen LogP contribution is -2.50. The molecule has 2 aliphatic rings. The van der Waals surface area contributed by atoms with Gasteiger partial charge in [-0.25, -0.2) is 9.97 Å². The second kappa shape index (κ2) is 15.1. The van der Waals surface area contributed by atoms with Crippen LogP contribution in [0.15, 0.2) is 83.9 Å². The van der Waals surface area contributed by atoms with Crippen LogP contribution < -0.4 is 15.0 Å². The highest BCUT2D eigenvalue weighted by atomic mass is 35.5. The van der Waals surface area contributed by atoms with Gasteiger partial charge in [0.25, 0.3) is 11.5 Å². The lowest BCUT2D eigenvalue weighted by atomic mass is 10.1. The number of Topliss-reactive ketones (excluding diaryl/α,β-unsaturated/α-hetero) is 1. The number of amides is 1. The molecule has 2 aromatic heterocycles. The van der Waals surface area contributed by atoms with Crippen LogP contribution in [-0.4, -0.2) is 97.5 Å². The quantitative estimate of drug-likeness (QED) is 0.184. The number of halogens is 1. The Morgan fingerprint density at radius 2 is 1.69 bits per heavy atom. The third kappa shape index (κ3) is 7.83. The molecule has 0 spiro atoms. The summed E-state index contributed by atoms with van der Waals surface area (Å²) in [6.45, 7) is 8.63. The van der Waals surface area contributed by atoms with Crippen LogP contribution in [-0.2, 0) is 24.4 Å². The summed E-state index contributed by atoms with van der Waals surface area (Å²) in [5, 5.41) is 1.07. The van der Waals surface area contributed by atoms with Crippen LogP contribution in [0.5, 0.6) is 11.5 Å². The van der Waals surface area contributed by atoms with Gasteiger partial charge in [-0.15, -0.1) is 0 Å². The van der Waals surface area contributed by atoms with E-state index < -0.39 is 0 Å². The number of nitrogens with zero attached hydrogens (tertiary/aromatic N) is 7. The number of imidazole rings is 1. The molecule has 1 amide bonds. The van der Waals surface area contributed by atoms with Gasteiger partial charge in [0.1, 0.15) is 23.1 Å². The highest BCUT2D eigenvalue weighted by Crippen LogP contribution is 2.28. The topological polar surface area (TPSA) is 115 Å². The van der Waals surface area contributed by atoms with E-state index in [1.807, 2.05) is 38.2 Å². The molecule has 3 aromatic carbocycles. The Bertz CT molecular complexity index is 2100. The van der Waals surface area contributed by atoms with Crippen molar-refractivity contribution >= 4 is 34.2 Å². The Balaban J connectivity index is 1.14. The van der Waals surface area contributed by atoms with E-state index in [-0.39, 0.29) is 36.5 Å². The molecule has 4 heterocycles. The second-order valence-electron chi connectivity index (χ2n) is 13.1. The summed E-state index contributed by atoms with van der Waals surface area (Å²) in [4.78, 5) is 56.5. The fraction of sp³-hybridized carbons (Fsp3) is 0.342. The van der Waals surface area contributed by atoms with E-state index in [4.69, 9.17) is 26.1 Å². The molecule has 12 nitrogen and oxygen atoms in total. The molecule has 0 unspecified atom stereocenters. The molecule has 0 N–H and O–H groups in total. The fourth-order valence-electron chi connectivity index (χ4n) is 6.53. The number of carbonyl (C=O) groups excluding carboxylic acids is 2. The molecule has 1 saturated heterocycles. The molecular formula is C38H40ClN7O5. The van der Waals surface area contributed by atoms with Gasteiger partial charge in [-0.3, -0.25) is 28.8 Å². The smallest absolute Gasteiger partial charge is 0.266 e. The largest absolute Gasteiger partial charge is 0.489 e. The molecule has 0 aliphatic carbocycles. The Kier molecular flexibility index (Phi) is 10.2. The van der Waals surface area contributed by atoms with E-state index in [0.29, 0.717) is 83.8 Å². The summed E-state index contributed by atoms with van der Waals surface area (Å²) >= 11 is 5.96. The molecule has 5 aromatic rings. The SMILES string of the molecule is CC(C)Oc1ccc(C(=O)CN2CCn3ccnc3C2)cc1-n1c(CN2CCN(C(=O)COc3ccc(Cl)cc3)CC2)nc2ccccc2c1=O. The van der Waals surface area contributed by atoms with Gasteiger partial charge in [-0.1, -0.05) is 23.7 Å². The van der Waals surface area contributed by atoms with Crippen LogP contribution in [0, 0.1) is 0 Å². The van der Waals surface area contributed by atoms with Crippen molar-refractivity contribution in [2.45, 2.75) is 39.6 Å². The summed E-state index contributed by atoms with van der Waals surface area (Å²) < 4.78 is 15.6. The number of hydrogen-bond donors (Lipinski definition) is 0. The molecule has 13 heteroatoms. The number of piperazine rings is 1. The van der Waals surface area contributed by atoms with Crippen molar-refractivity contribution in [3.05, 3.63) is 112 Å². The number of para-hydroxylation sites is 1. The Morgan fingerprint density at radius 3 is 2.47 bits per heavy atom. The molecule has 0 radical (unpaired) electrons. The summed E-state index contributed by atoms with van der Waals surface area (Å²) in [7, 11) is 0. The first kappa shape index (κ1) is 34.4. The summed E-state index contributed by atoms with van der Waals surface area (Å²) in [6, 6.07) is 19.5. The third-order valence-electron chi connectivity index (χ3n) is 9.19. The number of rotatable bonds is 11. The van der Waals surface area contributed by atoms with Crippen LogP contribution in [0.3, 0.4) is 0 Å². The first-order chi connectivity index (χ1) is 24.7. The lowest BCUT2D eigenvalue weighted by Gasteiger charge is -2.34. The van der Waals surface area contributed by atoms with Crippen LogP contribution >= 0.6 is 11.6 Å². The maximum Gasteiger partial charge on any atom is 0.266 e. The monoisotopic (exact) mass is 709 g/mol. The maximum absolute atomic E-state index is 14.3. The average Bonchev–Trinajstić information content (AvgIpc) is 3.60. The van der Waals surface area contributed by atoms with Gasteiger partial charge in [-0.2, -0.15) is 0 Å². The van der Waals surface area contributed by atoms with E-state index in [1.165, 1.54) is 0 Å². The molecule has 0 bridgehead atoms. The molecule has 0 saturated carbocycles. The van der Waals surface area contributed by atoms with Crippen LogP contribution in [0.4, 0.5) is 0 Å². The van der Waals surface area contributed by atoms with Gasteiger partial charge in [0.05, 0.1) is 42.3 Å². The molecule has 7 rings (SSSR count). The van der Waals surface area contributed by atoms with Crippen LogP contribution in [0.1, 0.15) is 35.9 Å². The first-order valence-electron chi connectivity index (χ1n) is 17.2. The van der Waals surface area contributed by atoms with E-state index >= 15 is 0 Å². The molecule has 0 atom stereocenters. The minimum atomic E-state index is -0.246. The number of benzene rings is 3. The Hall–Kier alpha value is -5.04. The Morgan fingerprint density at radius 1 is 0.922 bits per heavy atom. The van der Waals surface area contributed by atoms with Gasteiger partial charge in [0.15, 0.2) is 12.4 Å². The fourth-order valence-corrected chi connectivity index (χ4v) is 6.65. The summed E-state index contributed by atoms with van der Waals surface area (Å²) in [5.41, 5.74) is 1.29. The average molecular weight is 710 g/mol. The lowest BCUT2D eigenvalue weighted by molar-refractivity contribution is -0.135. The highest BCUT2D eigenvalue weighted by molar-refractivity contribution is 6.30. The minimum Gasteiger partial charge on any atom is -0.489 e. The van der Waals surface area contributed by atoms with Gasteiger partial charge in [0.2, 0.25) is 0 Å². The van der Waals surface area contributed by atoms with E-state index in [1.54, 1.807) is 64.2 Å². The standard InChI is InChI=1S/C38H40ClN7O5/c1-26(2)51-34-12-7-27(33(47)22-43-17-18-44-14-13-40-35(44)23-43)21-32(34)46-36(41-31-6-4-3-5-30(31)38(46)49)24-42-15-19-45(20-16-42)37(48)25-50-29-10-8-28(39)9-11-29/h3-14,21,26H,15-20,22-25H2,1-2H3. The maximum atomic E-state index is 14.3. The van der Waals surface area contributed by atoms with Crippen molar-refractivity contribution < 1.29 is 19.1 Å². The zero-order chi connectivity index (χ0) is 35.5. The zero-order valence-corrected chi connectivity index (χ0v) is 29.5. The summed E-state index contributed by atoms with van der Waals surface area (Å²) in [5.74, 6) is 2.36. The van der Waals surface area contributed by atoms with E-state index in [0.717, 1.165) is 18.9 Å². The molecule has 1 fully saturated rings. The van der Waals surface area contributed by atoms with Crippen molar-refractivity contribution in [2.24, 2.45) is 0 Å². The Labute approximate surface area is 300 Å². The number of hydrogen-bond acceptors (Lipinski definition) is 9. The van der Waals surface area contributed by atoms with E-state index in [2.05, 4.69) is 19.4 Å². The van der Waals surface area contributed by atoms with Gasteiger partial charge < -0.3 is 18.9 Å². The number of ether oxygens (including phenoxy) is 2. The molecule has 51 heavy (non-hydrogen) atoms.